The molecule has 1 N–H and O–H groups in total. The molecule has 0 spiro atoms. The Labute approximate surface area is 185 Å². The topological polar surface area (TPSA) is 55.9 Å². The largest absolute Gasteiger partial charge is 0.339 e. The number of amides is 2. The molecule has 0 radical (unpaired) electrons. The van der Waals surface area contributed by atoms with Crippen LogP contribution >= 0.6 is 0 Å². The molecule has 2 aromatic carbocycles. The quantitative estimate of drug-likeness (QED) is 0.746. The first-order valence-electron chi connectivity index (χ1n) is 11.0. The fourth-order valence-electron chi connectivity index (χ4n) is 3.76. The van der Waals surface area contributed by atoms with Crippen molar-refractivity contribution in [2.24, 2.45) is 0 Å². The summed E-state index contributed by atoms with van der Waals surface area (Å²) in [5, 5.41) is 3.00. The predicted octanol–water partition coefficient (Wildman–Crippen LogP) is 2.91. The fraction of sp³-hybridized carbons (Fsp3) is 0.440. The van der Waals surface area contributed by atoms with Gasteiger partial charge in [-0.05, 0) is 50.6 Å². The molecule has 0 bridgehead atoms. The molecule has 0 saturated carbocycles. The smallest absolute Gasteiger partial charge is 0.241 e. The van der Waals surface area contributed by atoms with Gasteiger partial charge in [0.05, 0.1) is 12.6 Å². The Kier molecular flexibility index (Phi) is 7.82. The minimum Gasteiger partial charge on any atom is -0.339 e. The van der Waals surface area contributed by atoms with Gasteiger partial charge in [-0.1, -0.05) is 42.5 Å². The number of nitrogens with zero attached hydrogens (tertiary/aromatic N) is 3. The summed E-state index contributed by atoms with van der Waals surface area (Å²) in [4.78, 5) is 31.6. The molecule has 0 aliphatic carbocycles. The maximum atomic E-state index is 12.8. The van der Waals surface area contributed by atoms with Gasteiger partial charge in [0, 0.05) is 38.4 Å². The minimum atomic E-state index is -0.400. The predicted molar refractivity (Wildman–Crippen MR) is 125 cm³/mol. The maximum absolute atomic E-state index is 12.8. The Hall–Kier alpha value is -2.70. The van der Waals surface area contributed by atoms with E-state index in [0.717, 1.165) is 49.5 Å². The Bertz CT molecular complexity index is 892. The van der Waals surface area contributed by atoms with Crippen molar-refractivity contribution in [1.82, 2.24) is 14.7 Å². The van der Waals surface area contributed by atoms with Crippen LogP contribution in [0.1, 0.15) is 23.6 Å². The molecular weight excluding hydrogens is 388 g/mol. The number of carbonyl (C=O) groups is 2. The van der Waals surface area contributed by atoms with Crippen LogP contribution in [0, 0.1) is 13.8 Å². The zero-order valence-corrected chi connectivity index (χ0v) is 19.1. The molecule has 1 fully saturated rings. The highest BCUT2D eigenvalue weighted by Crippen LogP contribution is 2.17. The number of piperazine rings is 1. The fourth-order valence-corrected chi connectivity index (χ4v) is 3.76. The third-order valence-corrected chi connectivity index (χ3v) is 6.05. The highest BCUT2D eigenvalue weighted by molar-refractivity contribution is 5.95. The van der Waals surface area contributed by atoms with Gasteiger partial charge in [-0.3, -0.25) is 19.4 Å². The Morgan fingerprint density at radius 1 is 1.03 bits per heavy atom. The van der Waals surface area contributed by atoms with Crippen molar-refractivity contribution in [1.29, 1.82) is 0 Å². The second kappa shape index (κ2) is 10.6. The van der Waals surface area contributed by atoms with E-state index >= 15 is 0 Å². The summed E-state index contributed by atoms with van der Waals surface area (Å²) in [6, 6.07) is 16.0. The van der Waals surface area contributed by atoms with Gasteiger partial charge in [-0.2, -0.15) is 0 Å². The number of carbonyl (C=O) groups excluding carboxylic acids is 2. The van der Waals surface area contributed by atoms with E-state index in [1.54, 1.807) is 0 Å². The standard InChI is InChI=1S/C25H34N4O2/c1-19-10-11-20(2)23(16-19)26-25(31)21(3)27(4)18-24(30)29-14-12-28(13-15-29)17-22-8-6-5-7-9-22/h5-11,16,21H,12-15,17-18H2,1-4H3,(H,26,31)/t21-/m0/s1. The number of likely N-dealkylation sites (N-methyl/N-ethyl adjacent to an activating group) is 1. The molecule has 1 heterocycles. The SMILES string of the molecule is Cc1ccc(C)c(NC(=O)[C@H](C)N(C)CC(=O)N2CCN(Cc3ccccc3)CC2)c1. The van der Waals surface area contributed by atoms with Crippen LogP contribution < -0.4 is 5.32 Å². The van der Waals surface area contributed by atoms with Crippen LogP contribution in [0.4, 0.5) is 5.69 Å². The van der Waals surface area contributed by atoms with E-state index in [4.69, 9.17) is 0 Å². The lowest BCUT2D eigenvalue weighted by molar-refractivity contribution is -0.135. The van der Waals surface area contributed by atoms with Gasteiger partial charge in [0.15, 0.2) is 0 Å². The zero-order valence-electron chi connectivity index (χ0n) is 19.1. The van der Waals surface area contributed by atoms with E-state index in [0.29, 0.717) is 0 Å². The lowest BCUT2D eigenvalue weighted by atomic mass is 10.1. The molecule has 0 aromatic heterocycles. The van der Waals surface area contributed by atoms with Crippen LogP contribution in [0.15, 0.2) is 48.5 Å². The van der Waals surface area contributed by atoms with Gasteiger partial charge >= 0.3 is 0 Å². The molecule has 1 aliphatic rings. The zero-order chi connectivity index (χ0) is 22.4. The van der Waals surface area contributed by atoms with Gasteiger partial charge in [0.2, 0.25) is 11.8 Å². The number of anilines is 1. The van der Waals surface area contributed by atoms with Crippen molar-refractivity contribution < 1.29 is 9.59 Å². The molecule has 1 aliphatic heterocycles. The molecule has 3 rings (SSSR count). The summed E-state index contributed by atoms with van der Waals surface area (Å²) < 4.78 is 0. The van der Waals surface area contributed by atoms with Crippen molar-refractivity contribution in [3.8, 4) is 0 Å². The van der Waals surface area contributed by atoms with Crippen molar-refractivity contribution in [3.63, 3.8) is 0 Å². The number of hydrogen-bond donors (Lipinski definition) is 1. The number of nitrogens with one attached hydrogen (secondary N) is 1. The average molecular weight is 423 g/mol. The van der Waals surface area contributed by atoms with Gasteiger partial charge in [-0.15, -0.1) is 0 Å². The van der Waals surface area contributed by atoms with E-state index in [9.17, 15) is 9.59 Å². The summed E-state index contributed by atoms with van der Waals surface area (Å²) in [6.07, 6.45) is 0. The minimum absolute atomic E-state index is 0.0771. The molecule has 2 aromatic rings. The van der Waals surface area contributed by atoms with E-state index in [1.165, 1.54) is 5.56 Å². The maximum Gasteiger partial charge on any atom is 0.241 e. The summed E-state index contributed by atoms with van der Waals surface area (Å²) in [7, 11) is 1.83. The Morgan fingerprint density at radius 3 is 2.39 bits per heavy atom. The number of benzene rings is 2. The van der Waals surface area contributed by atoms with Crippen LogP contribution in [0.3, 0.4) is 0 Å². The van der Waals surface area contributed by atoms with E-state index in [1.807, 2.05) is 61.9 Å². The van der Waals surface area contributed by atoms with Crippen molar-refractivity contribution >= 4 is 17.5 Å². The molecule has 0 unspecified atom stereocenters. The van der Waals surface area contributed by atoms with E-state index in [-0.39, 0.29) is 18.4 Å². The van der Waals surface area contributed by atoms with Crippen LogP contribution in [-0.2, 0) is 16.1 Å². The van der Waals surface area contributed by atoms with Crippen molar-refractivity contribution in [3.05, 3.63) is 65.2 Å². The molecule has 1 saturated heterocycles. The van der Waals surface area contributed by atoms with E-state index in [2.05, 4.69) is 34.5 Å². The van der Waals surface area contributed by atoms with Gasteiger partial charge in [0.1, 0.15) is 0 Å². The Balaban J connectivity index is 1.46. The number of aryl methyl sites for hydroxylation is 2. The lowest BCUT2D eigenvalue weighted by Gasteiger charge is -2.36. The van der Waals surface area contributed by atoms with Crippen LogP contribution in [-0.4, -0.2) is 72.3 Å². The van der Waals surface area contributed by atoms with Crippen LogP contribution in [0.25, 0.3) is 0 Å². The van der Waals surface area contributed by atoms with Crippen LogP contribution in [0.5, 0.6) is 0 Å². The monoisotopic (exact) mass is 422 g/mol. The molecule has 6 nitrogen and oxygen atoms in total. The molecular formula is C25H34N4O2. The summed E-state index contributed by atoms with van der Waals surface area (Å²) in [6.45, 7) is 10.2. The molecule has 166 valence electrons. The van der Waals surface area contributed by atoms with E-state index < -0.39 is 6.04 Å². The second-order valence-corrected chi connectivity index (χ2v) is 8.54. The highest BCUT2D eigenvalue weighted by Gasteiger charge is 2.25. The first-order valence-corrected chi connectivity index (χ1v) is 11.0. The summed E-state index contributed by atoms with van der Waals surface area (Å²) >= 11 is 0. The molecule has 31 heavy (non-hydrogen) atoms. The highest BCUT2D eigenvalue weighted by atomic mass is 16.2. The summed E-state index contributed by atoms with van der Waals surface area (Å²) in [5.41, 5.74) is 4.25. The van der Waals surface area contributed by atoms with Crippen molar-refractivity contribution in [2.45, 2.75) is 33.4 Å². The van der Waals surface area contributed by atoms with Gasteiger partial charge < -0.3 is 10.2 Å². The molecule has 1 atom stereocenters. The van der Waals surface area contributed by atoms with Crippen LogP contribution in [0.2, 0.25) is 0 Å². The van der Waals surface area contributed by atoms with Crippen molar-refractivity contribution in [2.75, 3.05) is 45.1 Å². The van der Waals surface area contributed by atoms with Gasteiger partial charge in [0.25, 0.3) is 0 Å². The molecule has 2 amide bonds. The normalized spacial score (nSPS) is 15.7. The number of rotatable bonds is 7. The Morgan fingerprint density at radius 2 is 1.71 bits per heavy atom. The summed E-state index contributed by atoms with van der Waals surface area (Å²) in [5.74, 6) is -0.0232. The third kappa shape index (κ3) is 6.39. The second-order valence-electron chi connectivity index (χ2n) is 8.54. The first kappa shape index (κ1) is 23.0. The lowest BCUT2D eigenvalue weighted by Crippen LogP contribution is -2.52. The third-order valence-electron chi connectivity index (χ3n) is 6.05. The molecule has 6 heteroatoms. The average Bonchev–Trinajstić information content (AvgIpc) is 2.76. The first-order chi connectivity index (χ1) is 14.8. The van der Waals surface area contributed by atoms with Gasteiger partial charge in [-0.25, -0.2) is 0 Å². The number of hydrogen-bond acceptors (Lipinski definition) is 4.